The van der Waals surface area contributed by atoms with Crippen molar-refractivity contribution >= 4 is 22.6 Å². The summed E-state index contributed by atoms with van der Waals surface area (Å²) in [6.45, 7) is 8.14. The van der Waals surface area contributed by atoms with Gasteiger partial charge in [0.1, 0.15) is 5.75 Å². The van der Waals surface area contributed by atoms with E-state index in [-0.39, 0.29) is 18.4 Å². The molecular formula is C26H28N2O3. The molecule has 0 saturated carbocycles. The molecule has 1 aliphatic rings. The molecule has 0 bridgehead atoms. The van der Waals surface area contributed by atoms with Crippen LogP contribution in [0, 0.1) is 20.8 Å². The number of ether oxygens (including phenoxy) is 1. The molecule has 0 aromatic heterocycles. The van der Waals surface area contributed by atoms with Crippen LogP contribution in [0.2, 0.25) is 0 Å². The molecule has 3 aromatic rings. The predicted molar refractivity (Wildman–Crippen MR) is 123 cm³/mol. The maximum absolute atomic E-state index is 13.1. The van der Waals surface area contributed by atoms with E-state index >= 15 is 0 Å². The van der Waals surface area contributed by atoms with E-state index in [0.717, 1.165) is 33.2 Å². The second-order valence-corrected chi connectivity index (χ2v) is 8.14. The highest BCUT2D eigenvalue weighted by atomic mass is 16.5. The number of benzene rings is 3. The van der Waals surface area contributed by atoms with Crippen LogP contribution < -0.4 is 4.74 Å². The quantitative estimate of drug-likeness (QED) is 0.643. The van der Waals surface area contributed by atoms with Gasteiger partial charge in [-0.3, -0.25) is 9.59 Å². The lowest BCUT2D eigenvalue weighted by Gasteiger charge is -2.35. The monoisotopic (exact) mass is 416 g/mol. The van der Waals surface area contributed by atoms with Gasteiger partial charge in [0.2, 0.25) is 0 Å². The van der Waals surface area contributed by atoms with Crippen molar-refractivity contribution < 1.29 is 14.3 Å². The van der Waals surface area contributed by atoms with Crippen LogP contribution >= 0.6 is 0 Å². The summed E-state index contributed by atoms with van der Waals surface area (Å²) in [7, 11) is 0. The van der Waals surface area contributed by atoms with E-state index in [9.17, 15) is 9.59 Å². The Labute approximate surface area is 183 Å². The Morgan fingerprint density at radius 1 is 0.806 bits per heavy atom. The minimum absolute atomic E-state index is 0.0163. The fourth-order valence-electron chi connectivity index (χ4n) is 4.11. The minimum atomic E-state index is -0.0439. The number of hydrogen-bond donors (Lipinski definition) is 0. The molecule has 1 saturated heterocycles. The Morgan fingerprint density at radius 3 is 2.23 bits per heavy atom. The second-order valence-electron chi connectivity index (χ2n) is 8.14. The fourth-order valence-corrected chi connectivity index (χ4v) is 4.11. The molecule has 0 unspecified atom stereocenters. The van der Waals surface area contributed by atoms with Crippen LogP contribution in [0.1, 0.15) is 27.0 Å². The molecule has 5 heteroatoms. The SMILES string of the molecule is Cc1ccc(C)c(OCC(=O)N2CCN(C(=O)c3cccc4ccccc34)CC2)c1C. The first kappa shape index (κ1) is 20.9. The largest absolute Gasteiger partial charge is 0.483 e. The highest BCUT2D eigenvalue weighted by molar-refractivity contribution is 6.07. The number of amides is 2. The third-order valence-corrected chi connectivity index (χ3v) is 6.15. The lowest BCUT2D eigenvalue weighted by molar-refractivity contribution is -0.134. The summed E-state index contributed by atoms with van der Waals surface area (Å²) in [5.41, 5.74) is 3.96. The molecule has 4 rings (SSSR count). The van der Waals surface area contributed by atoms with Crippen LogP contribution in [0.3, 0.4) is 0 Å². The Hall–Kier alpha value is -3.34. The van der Waals surface area contributed by atoms with Gasteiger partial charge in [0, 0.05) is 31.7 Å². The lowest BCUT2D eigenvalue weighted by atomic mass is 10.0. The molecule has 2 amide bonds. The Bertz CT molecular complexity index is 1130. The Balaban J connectivity index is 1.37. The second kappa shape index (κ2) is 8.80. The first-order valence-electron chi connectivity index (χ1n) is 10.7. The number of nitrogens with zero attached hydrogens (tertiary/aromatic N) is 2. The molecule has 1 fully saturated rings. The third-order valence-electron chi connectivity index (χ3n) is 6.15. The molecular weight excluding hydrogens is 388 g/mol. The van der Waals surface area contributed by atoms with E-state index in [4.69, 9.17) is 4.74 Å². The van der Waals surface area contributed by atoms with Crippen molar-refractivity contribution in [3.63, 3.8) is 0 Å². The van der Waals surface area contributed by atoms with Crippen LogP contribution in [0.15, 0.2) is 54.6 Å². The molecule has 1 aliphatic heterocycles. The van der Waals surface area contributed by atoms with E-state index in [1.54, 1.807) is 4.90 Å². The van der Waals surface area contributed by atoms with E-state index in [0.29, 0.717) is 31.7 Å². The van der Waals surface area contributed by atoms with Gasteiger partial charge in [0.05, 0.1) is 0 Å². The lowest BCUT2D eigenvalue weighted by Crippen LogP contribution is -2.51. The molecule has 0 spiro atoms. The fraction of sp³-hybridized carbons (Fsp3) is 0.308. The molecule has 5 nitrogen and oxygen atoms in total. The van der Waals surface area contributed by atoms with Gasteiger partial charge < -0.3 is 14.5 Å². The number of aryl methyl sites for hydroxylation is 2. The minimum Gasteiger partial charge on any atom is -0.483 e. The van der Waals surface area contributed by atoms with Crippen molar-refractivity contribution in [2.24, 2.45) is 0 Å². The molecule has 0 radical (unpaired) electrons. The van der Waals surface area contributed by atoms with E-state index in [1.807, 2.05) is 74.2 Å². The van der Waals surface area contributed by atoms with E-state index in [1.165, 1.54) is 0 Å². The zero-order chi connectivity index (χ0) is 22.0. The van der Waals surface area contributed by atoms with Gasteiger partial charge in [-0.05, 0) is 54.3 Å². The standard InChI is InChI=1S/C26H28N2O3/c1-18-11-12-19(2)25(20(18)3)31-17-24(29)27-13-15-28(16-14-27)26(30)23-10-6-8-21-7-4-5-9-22(21)23/h4-12H,13-17H2,1-3H3. The summed E-state index contributed by atoms with van der Waals surface area (Å²) in [6, 6.07) is 17.8. The number of rotatable bonds is 4. The van der Waals surface area contributed by atoms with Crippen LogP contribution in [0.25, 0.3) is 10.8 Å². The van der Waals surface area contributed by atoms with Crippen LogP contribution in [0.4, 0.5) is 0 Å². The van der Waals surface area contributed by atoms with Crippen molar-refractivity contribution in [1.29, 1.82) is 0 Å². The van der Waals surface area contributed by atoms with Gasteiger partial charge in [-0.25, -0.2) is 0 Å². The number of piperazine rings is 1. The third kappa shape index (κ3) is 4.26. The van der Waals surface area contributed by atoms with Crippen LogP contribution in [-0.4, -0.2) is 54.4 Å². The average molecular weight is 417 g/mol. The van der Waals surface area contributed by atoms with Gasteiger partial charge >= 0.3 is 0 Å². The molecule has 160 valence electrons. The van der Waals surface area contributed by atoms with Gasteiger partial charge in [0.15, 0.2) is 6.61 Å². The van der Waals surface area contributed by atoms with Gasteiger partial charge in [-0.1, -0.05) is 48.5 Å². The van der Waals surface area contributed by atoms with E-state index in [2.05, 4.69) is 6.07 Å². The topological polar surface area (TPSA) is 49.9 Å². The highest BCUT2D eigenvalue weighted by Gasteiger charge is 2.26. The maximum atomic E-state index is 13.1. The molecule has 31 heavy (non-hydrogen) atoms. The van der Waals surface area contributed by atoms with Gasteiger partial charge in [0.25, 0.3) is 11.8 Å². The predicted octanol–water partition coefficient (Wildman–Crippen LogP) is 4.13. The summed E-state index contributed by atoms with van der Waals surface area (Å²) in [5, 5.41) is 2.02. The molecule has 1 heterocycles. The van der Waals surface area contributed by atoms with Crippen molar-refractivity contribution in [3.8, 4) is 5.75 Å². The average Bonchev–Trinajstić information content (AvgIpc) is 2.80. The summed E-state index contributed by atoms with van der Waals surface area (Å²) >= 11 is 0. The number of hydrogen-bond acceptors (Lipinski definition) is 3. The Kier molecular flexibility index (Phi) is 5.94. The van der Waals surface area contributed by atoms with Crippen LogP contribution in [0.5, 0.6) is 5.75 Å². The van der Waals surface area contributed by atoms with Gasteiger partial charge in [-0.2, -0.15) is 0 Å². The first-order valence-corrected chi connectivity index (χ1v) is 10.7. The zero-order valence-electron chi connectivity index (χ0n) is 18.4. The number of carbonyl (C=O) groups is 2. The van der Waals surface area contributed by atoms with Crippen molar-refractivity contribution in [2.75, 3.05) is 32.8 Å². The molecule has 0 atom stereocenters. The molecule has 3 aromatic carbocycles. The van der Waals surface area contributed by atoms with E-state index < -0.39 is 0 Å². The highest BCUT2D eigenvalue weighted by Crippen LogP contribution is 2.26. The van der Waals surface area contributed by atoms with Gasteiger partial charge in [-0.15, -0.1) is 0 Å². The summed E-state index contributed by atoms with van der Waals surface area (Å²) in [6.07, 6.45) is 0. The summed E-state index contributed by atoms with van der Waals surface area (Å²) < 4.78 is 5.88. The summed E-state index contributed by atoms with van der Waals surface area (Å²) in [4.78, 5) is 29.4. The molecule has 0 N–H and O–H groups in total. The first-order chi connectivity index (χ1) is 15.0. The van der Waals surface area contributed by atoms with Crippen molar-refractivity contribution in [2.45, 2.75) is 20.8 Å². The van der Waals surface area contributed by atoms with Crippen molar-refractivity contribution in [1.82, 2.24) is 9.80 Å². The zero-order valence-corrected chi connectivity index (χ0v) is 18.4. The number of fused-ring (bicyclic) bond motifs is 1. The van der Waals surface area contributed by atoms with Crippen LogP contribution in [-0.2, 0) is 4.79 Å². The smallest absolute Gasteiger partial charge is 0.260 e. The normalized spacial score (nSPS) is 14.0. The molecule has 0 aliphatic carbocycles. The summed E-state index contributed by atoms with van der Waals surface area (Å²) in [5.74, 6) is 0.766. The Morgan fingerprint density at radius 2 is 1.45 bits per heavy atom. The van der Waals surface area contributed by atoms with Crippen molar-refractivity contribution in [3.05, 3.63) is 76.9 Å². The maximum Gasteiger partial charge on any atom is 0.260 e. The number of carbonyl (C=O) groups excluding carboxylic acids is 2.